The number of carbonyl (C=O) groups excluding carboxylic acids is 1. The smallest absolute Gasteiger partial charge is 0.233 e. The van der Waals surface area contributed by atoms with E-state index in [1.165, 1.54) is 12.8 Å². The maximum absolute atomic E-state index is 12.4. The summed E-state index contributed by atoms with van der Waals surface area (Å²) in [5.41, 5.74) is 3.09. The van der Waals surface area contributed by atoms with Crippen molar-refractivity contribution in [1.29, 1.82) is 0 Å². The molecule has 1 aliphatic carbocycles. The molecule has 0 aliphatic heterocycles. The first-order valence-electron chi connectivity index (χ1n) is 7.77. The van der Waals surface area contributed by atoms with Crippen LogP contribution in [0, 0.1) is 0 Å². The van der Waals surface area contributed by atoms with Gasteiger partial charge in [-0.25, -0.2) is 0 Å². The lowest BCUT2D eigenvalue weighted by Gasteiger charge is -2.10. The number of carbonyl (C=O) groups is 1. The number of nitrogens with one attached hydrogen (secondary N) is 1. The van der Waals surface area contributed by atoms with Crippen molar-refractivity contribution in [3.63, 3.8) is 0 Å². The molecule has 3 aromatic rings. The molecule has 1 aliphatic rings. The number of aromatic nitrogens is 4. The Morgan fingerprint density at radius 1 is 1.22 bits per heavy atom. The molecular weight excluding hydrogens is 290 g/mol. The van der Waals surface area contributed by atoms with Crippen LogP contribution in [0.2, 0.25) is 0 Å². The molecule has 1 fully saturated rings. The van der Waals surface area contributed by atoms with Crippen LogP contribution in [-0.2, 0) is 4.79 Å². The Morgan fingerprint density at radius 2 is 2.00 bits per heavy atom. The van der Waals surface area contributed by atoms with Gasteiger partial charge in [0.05, 0.1) is 28.7 Å². The molecule has 1 unspecified atom stereocenters. The summed E-state index contributed by atoms with van der Waals surface area (Å²) in [5.74, 6) is -0.373. The van der Waals surface area contributed by atoms with Crippen LogP contribution in [0.25, 0.3) is 11.0 Å². The molecule has 0 bridgehead atoms. The monoisotopic (exact) mass is 307 g/mol. The van der Waals surface area contributed by atoms with Crippen LogP contribution >= 0.6 is 0 Å². The zero-order chi connectivity index (χ0) is 15.8. The van der Waals surface area contributed by atoms with E-state index in [0.717, 1.165) is 22.4 Å². The third-order valence-electron chi connectivity index (χ3n) is 4.12. The average molecular weight is 307 g/mol. The Morgan fingerprint density at radius 3 is 2.78 bits per heavy atom. The van der Waals surface area contributed by atoms with Gasteiger partial charge in [-0.05, 0) is 44.0 Å². The summed E-state index contributed by atoms with van der Waals surface area (Å²) >= 11 is 0. The molecule has 0 spiro atoms. The largest absolute Gasteiger partial charge is 0.325 e. The van der Waals surface area contributed by atoms with Gasteiger partial charge in [-0.15, -0.1) is 0 Å². The fraction of sp³-hybridized carbons (Fsp3) is 0.294. The van der Waals surface area contributed by atoms with Gasteiger partial charge in [-0.3, -0.25) is 19.4 Å². The second-order valence-electron chi connectivity index (χ2n) is 5.92. The van der Waals surface area contributed by atoms with Gasteiger partial charge in [-0.2, -0.15) is 5.10 Å². The van der Waals surface area contributed by atoms with Crippen LogP contribution in [-0.4, -0.2) is 25.7 Å². The molecule has 6 heteroatoms. The van der Waals surface area contributed by atoms with E-state index in [1.807, 2.05) is 42.1 Å². The van der Waals surface area contributed by atoms with Gasteiger partial charge in [0.1, 0.15) is 0 Å². The van der Waals surface area contributed by atoms with Gasteiger partial charge in [0.2, 0.25) is 5.91 Å². The van der Waals surface area contributed by atoms with Crippen molar-refractivity contribution >= 4 is 22.6 Å². The topological polar surface area (TPSA) is 72.7 Å². The highest BCUT2D eigenvalue weighted by molar-refractivity contribution is 5.96. The predicted octanol–water partition coefficient (Wildman–Crippen LogP) is 2.90. The molecule has 4 rings (SSSR count). The van der Waals surface area contributed by atoms with Crippen molar-refractivity contribution in [1.82, 2.24) is 19.7 Å². The number of rotatable bonds is 4. The van der Waals surface area contributed by atoms with Crippen LogP contribution in [0.4, 0.5) is 5.69 Å². The number of hydrogen-bond acceptors (Lipinski definition) is 4. The van der Waals surface area contributed by atoms with Crippen molar-refractivity contribution in [2.24, 2.45) is 0 Å². The molecule has 23 heavy (non-hydrogen) atoms. The number of hydrogen-bond donors (Lipinski definition) is 1. The number of benzene rings is 1. The molecule has 116 valence electrons. The fourth-order valence-electron chi connectivity index (χ4n) is 2.55. The average Bonchev–Trinajstić information content (AvgIpc) is 3.31. The number of fused-ring (bicyclic) bond motifs is 1. The van der Waals surface area contributed by atoms with Crippen molar-refractivity contribution in [3.05, 3.63) is 48.5 Å². The molecule has 1 aromatic carbocycles. The number of anilines is 1. The summed E-state index contributed by atoms with van der Waals surface area (Å²) in [7, 11) is 0. The lowest BCUT2D eigenvalue weighted by molar-refractivity contribution is -0.117. The molecule has 1 atom stereocenters. The summed E-state index contributed by atoms with van der Waals surface area (Å²) in [6.45, 7) is 1.87. The fourth-order valence-corrected chi connectivity index (χ4v) is 2.55. The van der Waals surface area contributed by atoms with Gasteiger partial charge in [0.25, 0.3) is 0 Å². The molecular formula is C17H17N5O. The van der Waals surface area contributed by atoms with Crippen molar-refractivity contribution < 1.29 is 4.79 Å². The second kappa shape index (κ2) is 5.46. The molecule has 6 nitrogen and oxygen atoms in total. The van der Waals surface area contributed by atoms with Gasteiger partial charge in [-0.1, -0.05) is 0 Å². The first-order valence-corrected chi connectivity index (χ1v) is 7.77. The third kappa shape index (κ3) is 2.79. The van der Waals surface area contributed by atoms with E-state index in [0.29, 0.717) is 6.04 Å². The highest BCUT2D eigenvalue weighted by Crippen LogP contribution is 2.34. The maximum Gasteiger partial charge on any atom is 0.233 e. The SMILES string of the molecule is CC(C(=O)Nc1ccc2nccnc2c1)c1ccn(C2CC2)n1. The number of amides is 1. The molecule has 1 amide bonds. The van der Waals surface area contributed by atoms with Gasteiger partial charge in [0, 0.05) is 24.3 Å². The summed E-state index contributed by atoms with van der Waals surface area (Å²) in [6.07, 6.45) is 7.61. The second-order valence-corrected chi connectivity index (χ2v) is 5.92. The minimum absolute atomic E-state index is 0.0747. The maximum atomic E-state index is 12.4. The minimum atomic E-state index is -0.299. The Kier molecular flexibility index (Phi) is 3.29. The van der Waals surface area contributed by atoms with E-state index in [-0.39, 0.29) is 11.8 Å². The summed E-state index contributed by atoms with van der Waals surface area (Å²) in [4.78, 5) is 20.9. The van der Waals surface area contributed by atoms with Crippen molar-refractivity contribution in [3.8, 4) is 0 Å². The first kappa shape index (κ1) is 13.9. The quantitative estimate of drug-likeness (QED) is 0.804. The summed E-state index contributed by atoms with van der Waals surface area (Å²) in [6, 6.07) is 7.97. The first-order chi connectivity index (χ1) is 11.2. The molecule has 2 aromatic heterocycles. The highest BCUT2D eigenvalue weighted by Gasteiger charge is 2.26. The molecule has 0 radical (unpaired) electrons. The van der Waals surface area contributed by atoms with E-state index in [1.54, 1.807) is 12.4 Å². The minimum Gasteiger partial charge on any atom is -0.325 e. The van der Waals surface area contributed by atoms with Crippen LogP contribution in [0.15, 0.2) is 42.9 Å². The van der Waals surface area contributed by atoms with Crippen LogP contribution in [0.5, 0.6) is 0 Å². The number of nitrogens with zero attached hydrogens (tertiary/aromatic N) is 4. The van der Waals surface area contributed by atoms with Gasteiger partial charge < -0.3 is 5.32 Å². The molecule has 0 saturated heterocycles. The van der Waals surface area contributed by atoms with E-state index < -0.39 is 0 Å². The van der Waals surface area contributed by atoms with Crippen molar-refractivity contribution in [2.45, 2.75) is 31.7 Å². The molecule has 1 saturated carbocycles. The predicted molar refractivity (Wildman–Crippen MR) is 87.1 cm³/mol. The van der Waals surface area contributed by atoms with Crippen molar-refractivity contribution in [2.75, 3.05) is 5.32 Å². The van der Waals surface area contributed by atoms with Crippen LogP contribution in [0.3, 0.4) is 0 Å². The zero-order valence-electron chi connectivity index (χ0n) is 12.8. The van der Waals surface area contributed by atoms with E-state index in [4.69, 9.17) is 0 Å². The zero-order valence-corrected chi connectivity index (χ0v) is 12.8. The van der Waals surface area contributed by atoms with Gasteiger partial charge in [0.15, 0.2) is 0 Å². The molecule has 2 heterocycles. The Hall–Kier alpha value is -2.76. The van der Waals surface area contributed by atoms with Gasteiger partial charge >= 0.3 is 0 Å². The van der Waals surface area contributed by atoms with E-state index >= 15 is 0 Å². The third-order valence-corrected chi connectivity index (χ3v) is 4.12. The highest BCUT2D eigenvalue weighted by atomic mass is 16.1. The van der Waals surface area contributed by atoms with E-state index in [9.17, 15) is 4.79 Å². The van der Waals surface area contributed by atoms with Crippen LogP contribution < -0.4 is 5.32 Å². The standard InChI is InChI=1S/C17H17N5O/c1-11(14-6-9-22(21-14)13-3-4-13)17(23)20-12-2-5-15-16(10-12)19-8-7-18-15/h2,5-11,13H,3-4H2,1H3,(H,20,23). The summed E-state index contributed by atoms with van der Waals surface area (Å²) < 4.78 is 1.96. The Balaban J connectivity index is 1.50. The van der Waals surface area contributed by atoms with Crippen LogP contribution in [0.1, 0.15) is 37.4 Å². The lowest BCUT2D eigenvalue weighted by atomic mass is 10.1. The van der Waals surface area contributed by atoms with E-state index in [2.05, 4.69) is 20.4 Å². The summed E-state index contributed by atoms with van der Waals surface area (Å²) in [5, 5.41) is 7.45. The Labute approximate surface area is 133 Å². The normalized spacial score (nSPS) is 15.5. The molecule has 1 N–H and O–H groups in total. The Bertz CT molecular complexity index is 868. The lowest BCUT2D eigenvalue weighted by Crippen LogP contribution is -2.19.